The van der Waals surface area contributed by atoms with Crippen LogP contribution in [0.5, 0.6) is 0 Å². The van der Waals surface area contributed by atoms with Crippen LogP contribution in [0.1, 0.15) is 34.6 Å². The van der Waals surface area contributed by atoms with Gasteiger partial charge < -0.3 is 4.57 Å². The number of imidazole rings is 1. The molecule has 0 spiro atoms. The molecule has 0 radical (unpaired) electrons. The molecule has 0 aliphatic rings. The second-order valence-corrected chi connectivity index (χ2v) is 5.26. The van der Waals surface area contributed by atoms with Gasteiger partial charge in [-0.2, -0.15) is 0 Å². The van der Waals surface area contributed by atoms with Crippen molar-refractivity contribution < 1.29 is 0 Å². The molecular weight excluding hydrogens is 186 g/mol. The second kappa shape index (κ2) is 4.79. The third kappa shape index (κ3) is 3.67. The van der Waals surface area contributed by atoms with E-state index < -0.39 is 0 Å². The average Bonchev–Trinajstić information content (AvgIpc) is 2.53. The van der Waals surface area contributed by atoms with Gasteiger partial charge in [0, 0.05) is 37.1 Å². The molecule has 3 heteroatoms. The fourth-order valence-electron chi connectivity index (χ4n) is 2.01. The Morgan fingerprint density at radius 1 is 1.33 bits per heavy atom. The predicted octanol–water partition coefficient (Wildman–Crippen LogP) is 2.39. The van der Waals surface area contributed by atoms with E-state index in [4.69, 9.17) is 0 Å². The van der Waals surface area contributed by atoms with Gasteiger partial charge in [-0.25, -0.2) is 4.98 Å². The summed E-state index contributed by atoms with van der Waals surface area (Å²) < 4.78 is 2.13. The van der Waals surface area contributed by atoms with E-state index in [9.17, 15) is 0 Å². The molecule has 0 saturated heterocycles. The molecule has 0 fully saturated rings. The van der Waals surface area contributed by atoms with Crippen molar-refractivity contribution in [1.82, 2.24) is 14.5 Å². The van der Waals surface area contributed by atoms with Crippen molar-refractivity contribution in [1.29, 1.82) is 0 Å². The van der Waals surface area contributed by atoms with Crippen LogP contribution >= 0.6 is 0 Å². The van der Waals surface area contributed by atoms with Gasteiger partial charge in [0.1, 0.15) is 0 Å². The molecule has 0 bridgehead atoms. The molecular formula is C12H23N3. The molecule has 1 heterocycles. The van der Waals surface area contributed by atoms with Crippen molar-refractivity contribution in [3.8, 4) is 0 Å². The van der Waals surface area contributed by atoms with E-state index in [1.54, 1.807) is 0 Å². The molecule has 0 aliphatic carbocycles. The number of hydrogen-bond donors (Lipinski definition) is 0. The summed E-state index contributed by atoms with van der Waals surface area (Å²) in [4.78, 5) is 6.56. The summed E-state index contributed by atoms with van der Waals surface area (Å²) in [5.74, 6) is 0. The van der Waals surface area contributed by atoms with Gasteiger partial charge in [-0.15, -0.1) is 0 Å². The van der Waals surface area contributed by atoms with Crippen LogP contribution in [0, 0.1) is 0 Å². The summed E-state index contributed by atoms with van der Waals surface area (Å²) in [6.45, 7) is 13.4. The van der Waals surface area contributed by atoms with E-state index in [-0.39, 0.29) is 5.54 Å². The Hall–Kier alpha value is -0.830. The average molecular weight is 209 g/mol. The molecule has 86 valence electrons. The molecule has 1 rings (SSSR count). The smallest absolute Gasteiger partial charge is 0.0946 e. The highest BCUT2D eigenvalue weighted by Crippen LogP contribution is 2.16. The zero-order valence-electron chi connectivity index (χ0n) is 10.6. The van der Waals surface area contributed by atoms with Crippen molar-refractivity contribution in [2.24, 2.45) is 0 Å². The number of nitrogens with zero attached hydrogens (tertiary/aromatic N) is 3. The number of rotatable bonds is 4. The minimum absolute atomic E-state index is 0.231. The normalized spacial score (nSPS) is 12.7. The van der Waals surface area contributed by atoms with Crippen LogP contribution in [-0.4, -0.2) is 32.6 Å². The maximum absolute atomic E-state index is 4.05. The predicted molar refractivity (Wildman–Crippen MR) is 63.8 cm³/mol. The molecule has 0 aliphatic heterocycles. The largest absolute Gasteiger partial charge is 0.336 e. The van der Waals surface area contributed by atoms with Crippen LogP contribution in [-0.2, 0) is 6.54 Å². The molecule has 3 nitrogen and oxygen atoms in total. The lowest BCUT2D eigenvalue weighted by Gasteiger charge is -2.39. The van der Waals surface area contributed by atoms with E-state index in [0.717, 1.165) is 13.1 Å². The van der Waals surface area contributed by atoms with E-state index >= 15 is 0 Å². The molecule has 0 atom stereocenters. The van der Waals surface area contributed by atoms with Gasteiger partial charge in [0.2, 0.25) is 0 Å². The van der Waals surface area contributed by atoms with Crippen LogP contribution < -0.4 is 0 Å². The van der Waals surface area contributed by atoms with Gasteiger partial charge in [0.25, 0.3) is 0 Å². The van der Waals surface area contributed by atoms with Gasteiger partial charge in [0.05, 0.1) is 6.33 Å². The highest BCUT2D eigenvalue weighted by atomic mass is 15.2. The van der Waals surface area contributed by atoms with E-state index in [1.807, 2.05) is 18.7 Å². The Morgan fingerprint density at radius 2 is 2.00 bits per heavy atom. The SMILES string of the molecule is CC(C)N(CCn1ccnc1)C(C)(C)C. The monoisotopic (exact) mass is 209 g/mol. The lowest BCUT2D eigenvalue weighted by atomic mass is 10.0. The van der Waals surface area contributed by atoms with Crippen molar-refractivity contribution in [3.05, 3.63) is 18.7 Å². The Kier molecular flexibility index (Phi) is 3.91. The maximum Gasteiger partial charge on any atom is 0.0946 e. The molecule has 1 aromatic heterocycles. The van der Waals surface area contributed by atoms with Crippen LogP contribution in [0.25, 0.3) is 0 Å². The lowest BCUT2D eigenvalue weighted by molar-refractivity contribution is 0.0944. The minimum atomic E-state index is 0.231. The summed E-state index contributed by atoms with van der Waals surface area (Å²) in [5, 5.41) is 0. The molecule has 1 aromatic rings. The van der Waals surface area contributed by atoms with Crippen molar-refractivity contribution >= 4 is 0 Å². The second-order valence-electron chi connectivity index (χ2n) is 5.26. The topological polar surface area (TPSA) is 21.1 Å². The highest BCUT2D eigenvalue weighted by Gasteiger charge is 2.23. The summed E-state index contributed by atoms with van der Waals surface area (Å²) in [6.07, 6.45) is 5.72. The van der Waals surface area contributed by atoms with Gasteiger partial charge in [-0.05, 0) is 34.6 Å². The first-order valence-electron chi connectivity index (χ1n) is 5.64. The fourth-order valence-corrected chi connectivity index (χ4v) is 2.01. The summed E-state index contributed by atoms with van der Waals surface area (Å²) in [6, 6.07) is 0.577. The lowest BCUT2D eigenvalue weighted by Crippen LogP contribution is -2.47. The Labute approximate surface area is 93.1 Å². The molecule has 0 amide bonds. The van der Waals surface area contributed by atoms with Crippen LogP contribution in [0.15, 0.2) is 18.7 Å². The molecule has 0 aromatic carbocycles. The highest BCUT2D eigenvalue weighted by molar-refractivity contribution is 4.81. The molecule has 0 unspecified atom stereocenters. The van der Waals surface area contributed by atoms with E-state index in [1.165, 1.54) is 0 Å². The van der Waals surface area contributed by atoms with Gasteiger partial charge in [-0.3, -0.25) is 4.90 Å². The van der Waals surface area contributed by atoms with E-state index in [2.05, 4.69) is 49.1 Å². The van der Waals surface area contributed by atoms with Gasteiger partial charge >= 0.3 is 0 Å². The van der Waals surface area contributed by atoms with Crippen molar-refractivity contribution in [3.63, 3.8) is 0 Å². The summed E-state index contributed by atoms with van der Waals surface area (Å²) in [5.41, 5.74) is 0.231. The zero-order chi connectivity index (χ0) is 11.5. The Morgan fingerprint density at radius 3 is 2.40 bits per heavy atom. The first-order valence-corrected chi connectivity index (χ1v) is 5.64. The zero-order valence-corrected chi connectivity index (χ0v) is 10.6. The first-order chi connectivity index (χ1) is 6.91. The Balaban J connectivity index is 2.53. The van der Waals surface area contributed by atoms with Crippen LogP contribution in [0.2, 0.25) is 0 Å². The third-order valence-corrected chi connectivity index (χ3v) is 2.64. The number of aromatic nitrogens is 2. The maximum atomic E-state index is 4.05. The van der Waals surface area contributed by atoms with E-state index in [0.29, 0.717) is 6.04 Å². The van der Waals surface area contributed by atoms with Gasteiger partial charge in [-0.1, -0.05) is 0 Å². The first kappa shape index (κ1) is 12.2. The van der Waals surface area contributed by atoms with Crippen molar-refractivity contribution in [2.75, 3.05) is 6.54 Å². The fraction of sp³-hybridized carbons (Fsp3) is 0.750. The number of hydrogen-bond acceptors (Lipinski definition) is 2. The molecule has 0 saturated carbocycles. The molecule has 15 heavy (non-hydrogen) atoms. The quantitative estimate of drug-likeness (QED) is 0.759. The standard InChI is InChI=1S/C12H23N3/c1-11(2)15(12(3,4)5)9-8-14-7-6-13-10-14/h6-7,10-11H,8-9H2,1-5H3. The van der Waals surface area contributed by atoms with Crippen molar-refractivity contribution in [2.45, 2.75) is 52.7 Å². The molecule has 0 N–H and O–H groups in total. The van der Waals surface area contributed by atoms with Crippen LogP contribution in [0.4, 0.5) is 0 Å². The van der Waals surface area contributed by atoms with Gasteiger partial charge in [0.15, 0.2) is 0 Å². The minimum Gasteiger partial charge on any atom is -0.336 e. The third-order valence-electron chi connectivity index (χ3n) is 2.64. The summed E-state index contributed by atoms with van der Waals surface area (Å²) >= 11 is 0. The summed E-state index contributed by atoms with van der Waals surface area (Å²) in [7, 11) is 0. The van der Waals surface area contributed by atoms with Crippen LogP contribution in [0.3, 0.4) is 0 Å². The Bertz CT molecular complexity index is 270.